The quantitative estimate of drug-likeness (QED) is 0.638. The fraction of sp³-hybridized carbons (Fsp3) is 0.500. The number of hydrogen-bond acceptors (Lipinski definition) is 6. The number of nitrogens with zero attached hydrogens (tertiary/aromatic N) is 3. The zero-order chi connectivity index (χ0) is 15.2. The maximum Gasteiger partial charge on any atom is 0.311 e. The van der Waals surface area contributed by atoms with E-state index in [1.807, 2.05) is 0 Å². The van der Waals surface area contributed by atoms with Crippen LogP contribution in [0.5, 0.6) is 5.75 Å². The molecule has 1 aromatic carbocycles. The van der Waals surface area contributed by atoms with Crippen molar-refractivity contribution in [2.24, 2.45) is 0 Å². The molecule has 9 heteroatoms. The van der Waals surface area contributed by atoms with E-state index in [2.05, 4.69) is 16.3 Å². The van der Waals surface area contributed by atoms with Crippen LogP contribution in [0.1, 0.15) is 18.0 Å². The summed E-state index contributed by atoms with van der Waals surface area (Å²) >= 11 is 0. The van der Waals surface area contributed by atoms with Crippen LogP contribution >= 0.6 is 24.8 Å². The highest BCUT2D eigenvalue weighted by Gasteiger charge is 2.25. The van der Waals surface area contributed by atoms with Crippen LogP contribution in [0.15, 0.2) is 18.2 Å². The number of piperazine rings is 1. The minimum atomic E-state index is -0.455. The lowest BCUT2D eigenvalue weighted by molar-refractivity contribution is -0.385. The summed E-state index contributed by atoms with van der Waals surface area (Å²) in [6, 6.07) is 6.97. The molecule has 1 aromatic rings. The van der Waals surface area contributed by atoms with Gasteiger partial charge in [0.25, 0.3) is 0 Å². The Morgan fingerprint density at radius 1 is 1.43 bits per heavy atom. The summed E-state index contributed by atoms with van der Waals surface area (Å²) < 4.78 is 5.02. The van der Waals surface area contributed by atoms with Gasteiger partial charge in [-0.1, -0.05) is 6.07 Å². The van der Waals surface area contributed by atoms with Gasteiger partial charge in [-0.2, -0.15) is 5.26 Å². The number of nitrogens with one attached hydrogen (secondary N) is 1. The Morgan fingerprint density at radius 2 is 2.09 bits per heavy atom. The number of ether oxygens (including phenoxy) is 1. The first-order valence-corrected chi connectivity index (χ1v) is 6.81. The van der Waals surface area contributed by atoms with Crippen LogP contribution in [0.3, 0.4) is 0 Å². The minimum Gasteiger partial charge on any atom is -0.490 e. The van der Waals surface area contributed by atoms with Crippen LogP contribution in [0, 0.1) is 21.4 Å². The molecule has 1 aliphatic rings. The second kappa shape index (κ2) is 10.2. The highest BCUT2D eigenvalue weighted by atomic mass is 35.5. The zero-order valence-corrected chi connectivity index (χ0v) is 14.4. The summed E-state index contributed by atoms with van der Waals surface area (Å²) in [5.41, 5.74) is 0.721. The van der Waals surface area contributed by atoms with E-state index in [0.29, 0.717) is 6.42 Å². The molecule has 7 nitrogen and oxygen atoms in total. The molecule has 1 fully saturated rings. The molecule has 0 bridgehead atoms. The van der Waals surface area contributed by atoms with E-state index < -0.39 is 4.92 Å². The Labute approximate surface area is 147 Å². The lowest BCUT2D eigenvalue weighted by Gasteiger charge is -2.34. The van der Waals surface area contributed by atoms with E-state index >= 15 is 0 Å². The summed E-state index contributed by atoms with van der Waals surface area (Å²) in [6.45, 7) is 3.37. The molecule has 0 radical (unpaired) electrons. The van der Waals surface area contributed by atoms with Crippen molar-refractivity contribution in [2.45, 2.75) is 12.5 Å². The maximum absolute atomic E-state index is 11.1. The first-order chi connectivity index (χ1) is 10.2. The summed E-state index contributed by atoms with van der Waals surface area (Å²) in [4.78, 5) is 12.9. The van der Waals surface area contributed by atoms with Crippen molar-refractivity contribution in [1.82, 2.24) is 10.2 Å². The molecule has 1 N–H and O–H groups in total. The number of nitro benzene ring substituents is 1. The van der Waals surface area contributed by atoms with Crippen molar-refractivity contribution in [1.29, 1.82) is 5.26 Å². The predicted octanol–water partition coefficient (Wildman–Crippen LogP) is 2.31. The van der Waals surface area contributed by atoms with Gasteiger partial charge in [0.15, 0.2) is 5.75 Å². The van der Waals surface area contributed by atoms with E-state index in [1.165, 1.54) is 13.2 Å². The van der Waals surface area contributed by atoms with Crippen molar-refractivity contribution < 1.29 is 9.66 Å². The SMILES string of the molecule is COc1ccc([C@@H](CC#N)N2CCNCC2)cc1[N+](=O)[O-].Cl.Cl. The molecule has 0 saturated carbocycles. The fourth-order valence-electron chi connectivity index (χ4n) is 2.60. The number of nitro groups is 1. The zero-order valence-electron chi connectivity index (χ0n) is 12.7. The van der Waals surface area contributed by atoms with E-state index in [0.717, 1.165) is 31.7 Å². The normalized spacial score (nSPS) is 15.5. The molecule has 1 heterocycles. The Hall–Kier alpha value is -1.59. The molecule has 23 heavy (non-hydrogen) atoms. The van der Waals surface area contributed by atoms with E-state index in [1.54, 1.807) is 12.1 Å². The molecule has 0 spiro atoms. The third-order valence-electron chi connectivity index (χ3n) is 3.66. The molecule has 1 atom stereocenters. The van der Waals surface area contributed by atoms with Gasteiger partial charge in [0.05, 0.1) is 24.5 Å². The van der Waals surface area contributed by atoms with Gasteiger partial charge in [-0.05, 0) is 11.6 Å². The van der Waals surface area contributed by atoms with Crippen LogP contribution in [-0.2, 0) is 0 Å². The number of nitriles is 1. The standard InChI is InChI=1S/C14H18N4O3.2ClH/c1-21-14-3-2-11(10-13(14)18(19)20)12(4-5-15)17-8-6-16-7-9-17;;/h2-3,10,12,16H,4,6-9H2,1H3;2*1H/t12-;;/m1../s1. The molecule has 0 unspecified atom stereocenters. The summed E-state index contributed by atoms with van der Waals surface area (Å²) in [7, 11) is 1.41. The third kappa shape index (κ3) is 5.22. The van der Waals surface area contributed by atoms with Gasteiger partial charge in [0, 0.05) is 38.3 Å². The average Bonchev–Trinajstić information content (AvgIpc) is 2.52. The number of rotatable bonds is 5. The molecule has 0 aromatic heterocycles. The minimum absolute atomic E-state index is 0. The Balaban J connectivity index is 0.00000242. The monoisotopic (exact) mass is 362 g/mol. The molecular formula is C14H20Cl2N4O3. The second-order valence-electron chi connectivity index (χ2n) is 4.85. The predicted molar refractivity (Wildman–Crippen MR) is 91.6 cm³/mol. The fourth-order valence-corrected chi connectivity index (χ4v) is 2.60. The molecule has 128 valence electrons. The summed E-state index contributed by atoms with van der Waals surface area (Å²) in [5, 5.41) is 23.4. The smallest absolute Gasteiger partial charge is 0.311 e. The molecule has 0 amide bonds. The largest absolute Gasteiger partial charge is 0.490 e. The lowest BCUT2D eigenvalue weighted by Crippen LogP contribution is -2.45. The maximum atomic E-state index is 11.1. The highest BCUT2D eigenvalue weighted by Crippen LogP contribution is 2.33. The van der Waals surface area contributed by atoms with Crippen molar-refractivity contribution in [3.63, 3.8) is 0 Å². The van der Waals surface area contributed by atoms with Crippen molar-refractivity contribution >= 4 is 30.5 Å². The van der Waals surface area contributed by atoms with E-state index in [-0.39, 0.29) is 42.3 Å². The van der Waals surface area contributed by atoms with E-state index in [9.17, 15) is 10.1 Å². The first-order valence-electron chi connectivity index (χ1n) is 6.81. The lowest BCUT2D eigenvalue weighted by atomic mass is 10.0. The van der Waals surface area contributed by atoms with Crippen molar-refractivity contribution in [3.05, 3.63) is 33.9 Å². The number of halogens is 2. The van der Waals surface area contributed by atoms with Crippen LogP contribution in [-0.4, -0.2) is 43.1 Å². The third-order valence-corrected chi connectivity index (χ3v) is 3.66. The van der Waals surface area contributed by atoms with E-state index in [4.69, 9.17) is 10.00 Å². The number of methoxy groups -OCH3 is 1. The Morgan fingerprint density at radius 3 is 2.61 bits per heavy atom. The van der Waals surface area contributed by atoms with Gasteiger partial charge in [0.2, 0.25) is 0 Å². The molecule has 2 rings (SSSR count). The second-order valence-corrected chi connectivity index (χ2v) is 4.85. The van der Waals surface area contributed by atoms with Gasteiger partial charge in [-0.25, -0.2) is 0 Å². The van der Waals surface area contributed by atoms with Crippen molar-refractivity contribution in [3.8, 4) is 11.8 Å². The van der Waals surface area contributed by atoms with Crippen LogP contribution < -0.4 is 10.1 Å². The summed E-state index contributed by atoms with van der Waals surface area (Å²) in [6.07, 6.45) is 0.309. The van der Waals surface area contributed by atoms with Gasteiger partial charge in [-0.15, -0.1) is 24.8 Å². The van der Waals surface area contributed by atoms with Gasteiger partial charge in [0.1, 0.15) is 0 Å². The molecule has 1 saturated heterocycles. The molecule has 1 aliphatic heterocycles. The Kier molecular flexibility index (Phi) is 9.53. The Bertz CT molecular complexity index is 559. The summed E-state index contributed by atoms with van der Waals surface area (Å²) in [5.74, 6) is 0.236. The van der Waals surface area contributed by atoms with Crippen LogP contribution in [0.4, 0.5) is 5.69 Å². The van der Waals surface area contributed by atoms with Gasteiger partial charge < -0.3 is 10.1 Å². The van der Waals surface area contributed by atoms with Gasteiger partial charge in [-0.3, -0.25) is 15.0 Å². The number of hydrogen-bond donors (Lipinski definition) is 1. The number of benzene rings is 1. The van der Waals surface area contributed by atoms with Gasteiger partial charge >= 0.3 is 5.69 Å². The molecule has 0 aliphatic carbocycles. The van der Waals surface area contributed by atoms with Crippen LogP contribution in [0.25, 0.3) is 0 Å². The molecular weight excluding hydrogens is 343 g/mol. The first kappa shape index (κ1) is 21.4. The average molecular weight is 363 g/mol. The van der Waals surface area contributed by atoms with Crippen molar-refractivity contribution in [2.75, 3.05) is 33.3 Å². The van der Waals surface area contributed by atoms with Crippen LogP contribution in [0.2, 0.25) is 0 Å². The topological polar surface area (TPSA) is 91.4 Å². The highest BCUT2D eigenvalue weighted by molar-refractivity contribution is 5.85.